The van der Waals surface area contributed by atoms with Crippen LogP contribution in [0.1, 0.15) is 84.8 Å². The van der Waals surface area contributed by atoms with Crippen LogP contribution in [0.25, 0.3) is 21.5 Å². The maximum Gasteiger partial charge on any atom is 0.333 e. The molecule has 19 heteroatoms. The lowest BCUT2D eigenvalue weighted by Gasteiger charge is -2.26. The number of sulfonamides is 1. The molecule has 1 saturated heterocycles. The van der Waals surface area contributed by atoms with Crippen molar-refractivity contribution in [3.05, 3.63) is 102 Å². The van der Waals surface area contributed by atoms with Crippen LogP contribution >= 0.6 is 0 Å². The van der Waals surface area contributed by atoms with Gasteiger partial charge in [-0.15, -0.1) is 5.06 Å². The van der Waals surface area contributed by atoms with Crippen LogP contribution in [-0.2, 0) is 60.3 Å². The third-order valence-corrected chi connectivity index (χ3v) is 16.2. The van der Waals surface area contributed by atoms with Gasteiger partial charge < -0.3 is 9.74 Å². The lowest BCUT2D eigenvalue weighted by atomic mass is 9.79. The van der Waals surface area contributed by atoms with Crippen LogP contribution in [0, 0.1) is 0 Å². The fraction of sp³-hybridized carbons (Fsp3) is 0.362. The van der Waals surface area contributed by atoms with Crippen LogP contribution in [-0.4, -0.2) is 98.5 Å². The number of fused-ring (bicyclic) bond motifs is 6. The highest BCUT2D eigenvalue weighted by Crippen LogP contribution is 2.51. The van der Waals surface area contributed by atoms with Crippen LogP contribution in [0.2, 0.25) is 0 Å². The third kappa shape index (κ3) is 8.52. The summed E-state index contributed by atoms with van der Waals surface area (Å²) in [6, 6.07) is 14.2. The summed E-state index contributed by atoms with van der Waals surface area (Å²) in [5.74, 6) is -1.99. The molecule has 0 atom stereocenters. The molecule has 1 fully saturated rings. The lowest BCUT2D eigenvalue weighted by Crippen LogP contribution is -2.32. The molecule has 66 heavy (non-hydrogen) atoms. The Balaban J connectivity index is 1.16. The summed E-state index contributed by atoms with van der Waals surface area (Å²) in [6.07, 6.45) is 10.3. The summed E-state index contributed by atoms with van der Waals surface area (Å²) >= 11 is 0. The number of imide groups is 1. The second-order valence-corrected chi connectivity index (χ2v) is 22.4. The summed E-state index contributed by atoms with van der Waals surface area (Å²) in [6.45, 7) is 13.3. The Hall–Kier alpha value is -5.57. The largest absolute Gasteiger partial charge is 0.344 e. The molecule has 0 spiro atoms. The van der Waals surface area contributed by atoms with Gasteiger partial charge in [0.1, 0.15) is 11.4 Å². The molecule has 4 aromatic carbocycles. The first-order valence-electron chi connectivity index (χ1n) is 21.5. The van der Waals surface area contributed by atoms with Gasteiger partial charge in [0.2, 0.25) is 15.7 Å². The van der Waals surface area contributed by atoms with Crippen molar-refractivity contribution in [1.82, 2.24) is 9.37 Å². The maximum absolute atomic E-state index is 14.1. The minimum absolute atomic E-state index is 0.0174. The normalized spacial score (nSPS) is 18.1. The molecule has 16 nitrogen and oxygen atoms in total. The van der Waals surface area contributed by atoms with Crippen molar-refractivity contribution in [1.29, 1.82) is 0 Å². The molecule has 0 saturated carbocycles. The molecule has 2 amide bonds. The average molecular weight is 962 g/mol. The van der Waals surface area contributed by atoms with E-state index in [1.807, 2.05) is 76.3 Å². The number of hydroxylamine groups is 2. The molecular weight excluding hydrogens is 909 g/mol. The second-order valence-electron chi connectivity index (χ2n) is 17.5. The fourth-order valence-corrected chi connectivity index (χ4v) is 12.3. The first-order valence-corrected chi connectivity index (χ1v) is 25.8. The molecule has 350 valence electrons. The molecule has 3 aliphatic heterocycles. The first-order chi connectivity index (χ1) is 30.9. The number of hydrogen-bond acceptors (Lipinski definition) is 11. The van der Waals surface area contributed by atoms with Crippen LogP contribution in [0.4, 0.5) is 11.4 Å². The number of nitrogens with zero attached hydrogens (tertiary/aromatic N) is 4. The smallest absolute Gasteiger partial charge is 0.333 e. The van der Waals surface area contributed by atoms with Crippen LogP contribution in [0.15, 0.2) is 105 Å². The van der Waals surface area contributed by atoms with Gasteiger partial charge in [-0.05, 0) is 79.9 Å². The van der Waals surface area contributed by atoms with E-state index < -0.39 is 68.7 Å². The zero-order valence-corrected chi connectivity index (χ0v) is 40.2. The number of anilines is 1. The van der Waals surface area contributed by atoms with Crippen molar-refractivity contribution in [2.45, 2.75) is 99.2 Å². The highest BCUT2D eigenvalue weighted by molar-refractivity contribution is 7.89. The van der Waals surface area contributed by atoms with Crippen LogP contribution in [0.3, 0.4) is 0 Å². The molecule has 0 radical (unpaired) electrons. The topological polar surface area (TPSA) is 216 Å². The van der Waals surface area contributed by atoms with Gasteiger partial charge in [-0.1, -0.05) is 57.2 Å². The Labute approximate surface area is 385 Å². The average Bonchev–Trinajstić information content (AvgIpc) is 3.76. The standard InChI is InChI=1S/C47H52N4O12S3/c1-8-26-50-36-23-21-32-34(28-30(65(57,58)59)29-38(32)66(60,61)62)45(36)47(5,6)40(50)18-12-10-11-17-39-46(3,4)44-33-15-13-16-37(31(33)20-22-35(44)49(39)9-2)64(55,56)48(7)27-14-19-43(54)63-51-41(52)24-25-42(51)53/h10-13,15-18,20-23,28-29H,8-9,14,19,24-27H2,1-7H3,(H-,57,58,59,60,61,62)/p+1. The number of hydrogen-bond donors (Lipinski definition) is 2. The van der Waals surface area contributed by atoms with E-state index in [0.29, 0.717) is 29.1 Å². The highest BCUT2D eigenvalue weighted by atomic mass is 32.2. The zero-order chi connectivity index (χ0) is 48.3. The molecule has 4 aromatic rings. The van der Waals surface area contributed by atoms with Crippen molar-refractivity contribution in [2.75, 3.05) is 31.6 Å². The molecule has 3 heterocycles. The number of amides is 2. The molecule has 0 aromatic heterocycles. The summed E-state index contributed by atoms with van der Waals surface area (Å²) in [5, 5.41) is 2.18. The minimum Gasteiger partial charge on any atom is -0.344 e. The van der Waals surface area contributed by atoms with Crippen LogP contribution < -0.4 is 4.90 Å². The monoisotopic (exact) mass is 961 g/mol. The van der Waals surface area contributed by atoms with E-state index in [-0.39, 0.29) is 47.9 Å². The summed E-state index contributed by atoms with van der Waals surface area (Å²) in [7, 11) is -12.3. The van der Waals surface area contributed by atoms with Crippen molar-refractivity contribution < 1.29 is 58.2 Å². The van der Waals surface area contributed by atoms with Crippen molar-refractivity contribution in [3.8, 4) is 0 Å². The van der Waals surface area contributed by atoms with Gasteiger partial charge >= 0.3 is 5.97 Å². The predicted octanol–water partition coefficient (Wildman–Crippen LogP) is 7.09. The highest BCUT2D eigenvalue weighted by Gasteiger charge is 2.46. The summed E-state index contributed by atoms with van der Waals surface area (Å²) < 4.78 is 101. The Kier molecular flexibility index (Phi) is 12.9. The fourth-order valence-electron chi connectivity index (χ4n) is 9.52. The van der Waals surface area contributed by atoms with E-state index in [1.165, 1.54) is 23.5 Å². The van der Waals surface area contributed by atoms with Gasteiger partial charge in [0.05, 0.1) is 15.2 Å². The maximum atomic E-state index is 14.1. The number of carbonyl (C=O) groups excluding carboxylic acids is 3. The van der Waals surface area contributed by atoms with E-state index >= 15 is 0 Å². The number of rotatable bonds is 15. The van der Waals surface area contributed by atoms with Crippen LogP contribution in [0.5, 0.6) is 0 Å². The molecule has 0 unspecified atom stereocenters. The van der Waals surface area contributed by atoms with Crippen molar-refractivity contribution in [3.63, 3.8) is 0 Å². The predicted molar refractivity (Wildman–Crippen MR) is 249 cm³/mol. The van der Waals surface area contributed by atoms with Gasteiger partial charge in [-0.3, -0.25) is 18.7 Å². The lowest BCUT2D eigenvalue weighted by molar-refractivity contribution is -0.437. The van der Waals surface area contributed by atoms with Crippen molar-refractivity contribution >= 4 is 86.7 Å². The zero-order valence-electron chi connectivity index (χ0n) is 37.7. The Bertz CT molecular complexity index is 3190. The molecular formula is C47H53N4O12S3+. The number of likely N-dealkylation sites (N-methyl/N-ethyl adjacent to an activating group) is 1. The summed E-state index contributed by atoms with van der Waals surface area (Å²) in [4.78, 5) is 42.0. The number of allylic oxidation sites excluding steroid dienone is 6. The van der Waals surface area contributed by atoms with E-state index in [1.54, 1.807) is 18.2 Å². The molecule has 2 N–H and O–H groups in total. The Morgan fingerprint density at radius 2 is 1.47 bits per heavy atom. The number of carbonyl (C=O) groups is 3. The van der Waals surface area contributed by atoms with E-state index in [2.05, 4.69) is 23.3 Å². The molecule has 3 aliphatic rings. The first kappa shape index (κ1) is 48.4. The van der Waals surface area contributed by atoms with Gasteiger partial charge in [0, 0.05) is 91.1 Å². The van der Waals surface area contributed by atoms with Gasteiger partial charge in [0.15, 0.2) is 5.71 Å². The van der Waals surface area contributed by atoms with E-state index in [9.17, 15) is 48.7 Å². The van der Waals surface area contributed by atoms with Gasteiger partial charge in [-0.2, -0.15) is 21.4 Å². The molecule has 0 aliphatic carbocycles. The molecule has 7 rings (SSSR count). The van der Waals surface area contributed by atoms with E-state index in [0.717, 1.165) is 46.2 Å². The minimum atomic E-state index is -4.88. The third-order valence-electron chi connectivity index (χ3n) is 12.6. The second kappa shape index (κ2) is 17.6. The quantitative estimate of drug-likeness (QED) is 0.0527. The Morgan fingerprint density at radius 3 is 2.11 bits per heavy atom. The summed E-state index contributed by atoms with van der Waals surface area (Å²) in [5.41, 5.74) is 3.76. The molecule has 0 bridgehead atoms. The van der Waals surface area contributed by atoms with Crippen molar-refractivity contribution in [2.24, 2.45) is 0 Å². The van der Waals surface area contributed by atoms with Gasteiger partial charge in [-0.25, -0.2) is 17.5 Å². The SMILES string of the molecule is CCC[N+]1=C(/C=C/C=C/C=C2/N(CC)c3ccc4c(S(=O)(=O)N(C)CCCC(=O)ON5C(=O)CCC5=O)cccc4c3C2(C)C)C(C)(C)c2c1ccc1c(S(=O)(=O)O)cc(S(=O)(=O)O)cc21. The number of benzene rings is 4. The van der Waals surface area contributed by atoms with E-state index in [4.69, 9.17) is 4.84 Å². The van der Waals surface area contributed by atoms with Gasteiger partial charge in [0.25, 0.3) is 32.1 Å². The Morgan fingerprint density at radius 1 is 0.803 bits per heavy atom.